The van der Waals surface area contributed by atoms with Crippen LogP contribution in [0.15, 0.2) is 30.3 Å². The van der Waals surface area contributed by atoms with Gasteiger partial charge in [0.15, 0.2) is 0 Å². The second kappa shape index (κ2) is 7.04. The van der Waals surface area contributed by atoms with Crippen molar-refractivity contribution >= 4 is 11.6 Å². The lowest BCUT2D eigenvalue weighted by Gasteiger charge is -2.22. The highest BCUT2D eigenvalue weighted by molar-refractivity contribution is 5.76. The summed E-state index contributed by atoms with van der Waals surface area (Å²) in [5.41, 5.74) is 1.07. The summed E-state index contributed by atoms with van der Waals surface area (Å²) in [6.07, 6.45) is 6.68. The van der Waals surface area contributed by atoms with Crippen molar-refractivity contribution in [3.63, 3.8) is 0 Å². The van der Waals surface area contributed by atoms with E-state index in [9.17, 15) is 4.79 Å². The van der Waals surface area contributed by atoms with Gasteiger partial charge in [-0.1, -0.05) is 37.5 Å². The molecule has 0 atom stereocenters. The standard InChI is InChI=1S/C15H22N2O/c18-15(17-14-9-5-2-6-10-14)11-12-16-13-7-3-1-4-8-13/h1,3-4,7-8,14,16H,2,5-6,9-12H2,(H,17,18). The van der Waals surface area contributed by atoms with Crippen molar-refractivity contribution in [1.82, 2.24) is 5.32 Å². The van der Waals surface area contributed by atoms with Gasteiger partial charge in [0.1, 0.15) is 0 Å². The first-order chi connectivity index (χ1) is 8.84. The average Bonchev–Trinajstić information content (AvgIpc) is 2.41. The molecule has 0 radical (unpaired) electrons. The molecule has 1 aromatic carbocycles. The Hall–Kier alpha value is -1.51. The van der Waals surface area contributed by atoms with Gasteiger partial charge in [0.25, 0.3) is 0 Å². The quantitative estimate of drug-likeness (QED) is 0.838. The van der Waals surface area contributed by atoms with Crippen LogP contribution >= 0.6 is 0 Å². The number of hydrogen-bond donors (Lipinski definition) is 2. The minimum absolute atomic E-state index is 0.172. The van der Waals surface area contributed by atoms with Gasteiger partial charge in [-0.25, -0.2) is 0 Å². The maximum atomic E-state index is 11.8. The maximum Gasteiger partial charge on any atom is 0.221 e. The Balaban J connectivity index is 1.62. The molecule has 1 amide bonds. The van der Waals surface area contributed by atoms with E-state index in [4.69, 9.17) is 0 Å². The molecule has 1 fully saturated rings. The van der Waals surface area contributed by atoms with E-state index in [1.54, 1.807) is 0 Å². The molecule has 3 nitrogen and oxygen atoms in total. The Kier molecular flexibility index (Phi) is 5.06. The molecular formula is C15H22N2O. The molecule has 0 spiro atoms. The third kappa shape index (κ3) is 4.40. The van der Waals surface area contributed by atoms with Crippen molar-refractivity contribution < 1.29 is 4.79 Å². The molecule has 2 rings (SSSR count). The van der Waals surface area contributed by atoms with Crippen molar-refractivity contribution in [3.8, 4) is 0 Å². The second-order valence-electron chi connectivity index (χ2n) is 4.95. The smallest absolute Gasteiger partial charge is 0.221 e. The number of para-hydroxylation sites is 1. The molecule has 0 aliphatic heterocycles. The van der Waals surface area contributed by atoms with Crippen LogP contribution in [0.4, 0.5) is 5.69 Å². The first kappa shape index (κ1) is 12.9. The molecule has 1 saturated carbocycles. The largest absolute Gasteiger partial charge is 0.385 e. The second-order valence-corrected chi connectivity index (χ2v) is 4.95. The highest BCUT2D eigenvalue weighted by atomic mass is 16.1. The predicted molar refractivity (Wildman–Crippen MR) is 74.6 cm³/mol. The number of anilines is 1. The summed E-state index contributed by atoms with van der Waals surface area (Å²) in [6, 6.07) is 10.4. The number of hydrogen-bond acceptors (Lipinski definition) is 2. The lowest BCUT2D eigenvalue weighted by molar-refractivity contribution is -0.121. The zero-order valence-electron chi connectivity index (χ0n) is 10.8. The van der Waals surface area contributed by atoms with Gasteiger partial charge in [0.2, 0.25) is 5.91 Å². The molecule has 0 saturated heterocycles. The van der Waals surface area contributed by atoms with E-state index in [2.05, 4.69) is 10.6 Å². The van der Waals surface area contributed by atoms with Crippen molar-refractivity contribution in [1.29, 1.82) is 0 Å². The number of benzene rings is 1. The molecule has 0 bridgehead atoms. The van der Waals surface area contributed by atoms with Crippen LogP contribution in [0, 0.1) is 0 Å². The molecule has 1 aromatic rings. The Labute approximate surface area is 109 Å². The number of rotatable bonds is 5. The predicted octanol–water partition coefficient (Wildman–Crippen LogP) is 2.94. The minimum atomic E-state index is 0.172. The Morgan fingerprint density at radius 3 is 2.56 bits per heavy atom. The van der Waals surface area contributed by atoms with Gasteiger partial charge in [-0.05, 0) is 25.0 Å². The van der Waals surface area contributed by atoms with Gasteiger partial charge in [-0.2, -0.15) is 0 Å². The zero-order valence-corrected chi connectivity index (χ0v) is 10.8. The maximum absolute atomic E-state index is 11.8. The topological polar surface area (TPSA) is 41.1 Å². The summed E-state index contributed by atoms with van der Waals surface area (Å²) in [6.45, 7) is 0.697. The van der Waals surface area contributed by atoms with E-state index in [-0.39, 0.29) is 5.91 Å². The van der Waals surface area contributed by atoms with Crippen molar-refractivity contribution in [2.24, 2.45) is 0 Å². The number of nitrogens with one attached hydrogen (secondary N) is 2. The van der Waals surface area contributed by atoms with Gasteiger partial charge in [-0.3, -0.25) is 4.79 Å². The molecule has 1 aliphatic carbocycles. The molecule has 0 aromatic heterocycles. The van der Waals surface area contributed by atoms with Gasteiger partial charge in [0, 0.05) is 24.7 Å². The number of carbonyl (C=O) groups excluding carboxylic acids is 1. The first-order valence-electron chi connectivity index (χ1n) is 6.93. The van der Waals surface area contributed by atoms with Gasteiger partial charge < -0.3 is 10.6 Å². The fourth-order valence-corrected chi connectivity index (χ4v) is 2.42. The van der Waals surface area contributed by atoms with Crippen LogP contribution in [-0.2, 0) is 4.79 Å². The van der Waals surface area contributed by atoms with Gasteiger partial charge in [0.05, 0.1) is 0 Å². The van der Waals surface area contributed by atoms with Gasteiger partial charge in [-0.15, -0.1) is 0 Å². The molecule has 1 aliphatic rings. The van der Waals surface area contributed by atoms with Crippen LogP contribution in [-0.4, -0.2) is 18.5 Å². The van der Waals surface area contributed by atoms with Crippen LogP contribution in [0.3, 0.4) is 0 Å². The number of carbonyl (C=O) groups is 1. The van der Waals surface area contributed by atoms with E-state index < -0.39 is 0 Å². The van der Waals surface area contributed by atoms with Crippen molar-refractivity contribution in [3.05, 3.63) is 30.3 Å². The zero-order chi connectivity index (χ0) is 12.6. The lowest BCUT2D eigenvalue weighted by Crippen LogP contribution is -2.36. The molecule has 0 heterocycles. The van der Waals surface area contributed by atoms with E-state index >= 15 is 0 Å². The molecule has 0 unspecified atom stereocenters. The third-order valence-electron chi connectivity index (χ3n) is 3.43. The highest BCUT2D eigenvalue weighted by Crippen LogP contribution is 2.17. The van der Waals surface area contributed by atoms with Crippen LogP contribution in [0.25, 0.3) is 0 Å². The minimum Gasteiger partial charge on any atom is -0.385 e. The number of amides is 1. The fraction of sp³-hybridized carbons (Fsp3) is 0.533. The summed E-state index contributed by atoms with van der Waals surface area (Å²) in [5, 5.41) is 6.38. The summed E-state index contributed by atoms with van der Waals surface area (Å²) >= 11 is 0. The Bertz CT molecular complexity index is 358. The van der Waals surface area contributed by atoms with E-state index in [1.165, 1.54) is 19.3 Å². The lowest BCUT2D eigenvalue weighted by atomic mass is 9.95. The molecule has 18 heavy (non-hydrogen) atoms. The fourth-order valence-electron chi connectivity index (χ4n) is 2.42. The molecular weight excluding hydrogens is 224 g/mol. The molecule has 2 N–H and O–H groups in total. The first-order valence-corrected chi connectivity index (χ1v) is 6.93. The molecule has 98 valence electrons. The van der Waals surface area contributed by atoms with Gasteiger partial charge >= 0.3 is 0 Å². The van der Waals surface area contributed by atoms with Crippen molar-refractivity contribution in [2.45, 2.75) is 44.6 Å². The van der Waals surface area contributed by atoms with E-state index in [0.717, 1.165) is 18.5 Å². The summed E-state index contributed by atoms with van der Waals surface area (Å²) in [4.78, 5) is 11.8. The van der Waals surface area contributed by atoms with E-state index in [1.807, 2.05) is 30.3 Å². The Morgan fingerprint density at radius 2 is 1.83 bits per heavy atom. The highest BCUT2D eigenvalue weighted by Gasteiger charge is 2.14. The third-order valence-corrected chi connectivity index (χ3v) is 3.43. The normalized spacial score (nSPS) is 16.2. The van der Waals surface area contributed by atoms with Crippen LogP contribution in [0.2, 0.25) is 0 Å². The Morgan fingerprint density at radius 1 is 1.11 bits per heavy atom. The van der Waals surface area contributed by atoms with Crippen LogP contribution < -0.4 is 10.6 Å². The van der Waals surface area contributed by atoms with Crippen LogP contribution in [0.1, 0.15) is 38.5 Å². The average molecular weight is 246 g/mol. The van der Waals surface area contributed by atoms with Crippen molar-refractivity contribution in [2.75, 3.05) is 11.9 Å². The monoisotopic (exact) mass is 246 g/mol. The summed E-state index contributed by atoms with van der Waals surface area (Å²) in [7, 11) is 0. The molecule has 3 heteroatoms. The summed E-state index contributed by atoms with van der Waals surface area (Å²) < 4.78 is 0. The van der Waals surface area contributed by atoms with E-state index in [0.29, 0.717) is 19.0 Å². The summed E-state index contributed by atoms with van der Waals surface area (Å²) in [5.74, 6) is 0.172. The van der Waals surface area contributed by atoms with Crippen LogP contribution in [0.5, 0.6) is 0 Å². The SMILES string of the molecule is O=C(CCNc1ccccc1)NC1CCCCC1.